The van der Waals surface area contributed by atoms with E-state index < -0.39 is 0 Å². The van der Waals surface area contributed by atoms with Crippen molar-refractivity contribution in [3.63, 3.8) is 0 Å². The number of ether oxygens (including phenoxy) is 1. The Morgan fingerprint density at radius 1 is 1.36 bits per heavy atom. The minimum atomic E-state index is 0.817. The number of hydrogen-bond donors (Lipinski definition) is 2. The second-order valence-corrected chi connectivity index (χ2v) is 6.25. The van der Waals surface area contributed by atoms with Gasteiger partial charge in [0.1, 0.15) is 0 Å². The number of likely N-dealkylation sites (N-methyl/N-ethyl adjacent to an activating group) is 1. The fraction of sp³-hybridized carbons (Fsp3) is 0.733. The molecule has 0 spiro atoms. The fourth-order valence-corrected chi connectivity index (χ4v) is 2.66. The van der Waals surface area contributed by atoms with Gasteiger partial charge in [-0.2, -0.15) is 0 Å². The molecule has 0 aromatic carbocycles. The smallest absolute Gasteiger partial charge is 0.191 e. The maximum Gasteiger partial charge on any atom is 0.191 e. The zero-order chi connectivity index (χ0) is 16.2. The molecule has 2 N–H and O–H groups in total. The largest absolute Gasteiger partial charge is 0.385 e. The lowest BCUT2D eigenvalue weighted by atomic mass is 10.3. The molecule has 0 fully saturated rings. The predicted molar refractivity (Wildman–Crippen MR) is 93.9 cm³/mol. The first-order chi connectivity index (χ1) is 10.7. The van der Waals surface area contributed by atoms with E-state index in [4.69, 9.17) is 4.74 Å². The van der Waals surface area contributed by atoms with Gasteiger partial charge >= 0.3 is 0 Å². The normalized spacial score (nSPS) is 12.0. The fourth-order valence-electron chi connectivity index (χ4n) is 2.01. The summed E-state index contributed by atoms with van der Waals surface area (Å²) in [5.41, 5.74) is 1.14. The van der Waals surface area contributed by atoms with Crippen LogP contribution in [0.4, 0.5) is 0 Å². The van der Waals surface area contributed by atoms with Crippen molar-refractivity contribution in [2.75, 3.05) is 54.0 Å². The molecule has 0 aliphatic rings. The third-order valence-corrected chi connectivity index (χ3v) is 4.06. The van der Waals surface area contributed by atoms with Crippen LogP contribution in [0.1, 0.15) is 17.1 Å². The van der Waals surface area contributed by atoms with Crippen molar-refractivity contribution < 1.29 is 4.74 Å². The average Bonchev–Trinajstić information content (AvgIpc) is 2.91. The monoisotopic (exact) mass is 327 g/mol. The van der Waals surface area contributed by atoms with E-state index in [1.165, 1.54) is 0 Å². The van der Waals surface area contributed by atoms with Crippen molar-refractivity contribution in [3.05, 3.63) is 16.1 Å². The first kappa shape index (κ1) is 18.9. The Kier molecular flexibility index (Phi) is 9.77. The van der Waals surface area contributed by atoms with E-state index in [9.17, 15) is 0 Å². The Morgan fingerprint density at radius 3 is 2.77 bits per heavy atom. The van der Waals surface area contributed by atoms with Crippen molar-refractivity contribution in [3.8, 4) is 0 Å². The molecule has 6 nitrogen and oxygen atoms in total. The van der Waals surface area contributed by atoms with Gasteiger partial charge < -0.3 is 20.3 Å². The highest BCUT2D eigenvalue weighted by molar-refractivity contribution is 7.09. The molecule has 126 valence electrons. The number of rotatable bonds is 10. The lowest BCUT2D eigenvalue weighted by Crippen LogP contribution is -2.41. The van der Waals surface area contributed by atoms with Gasteiger partial charge in [-0.1, -0.05) is 0 Å². The van der Waals surface area contributed by atoms with Crippen molar-refractivity contribution in [2.24, 2.45) is 4.99 Å². The summed E-state index contributed by atoms with van der Waals surface area (Å²) in [6.45, 7) is 6.59. The lowest BCUT2D eigenvalue weighted by molar-refractivity contribution is 0.180. The van der Waals surface area contributed by atoms with E-state index in [0.29, 0.717) is 0 Å². The predicted octanol–water partition coefficient (Wildman–Crippen LogP) is 1.13. The molecule has 1 heterocycles. The summed E-state index contributed by atoms with van der Waals surface area (Å²) in [7, 11) is 5.66. The molecule has 0 saturated carbocycles. The van der Waals surface area contributed by atoms with E-state index in [-0.39, 0.29) is 0 Å². The molecular weight excluding hydrogens is 298 g/mol. The molecule has 0 atom stereocenters. The molecule has 0 saturated heterocycles. The van der Waals surface area contributed by atoms with E-state index in [1.807, 2.05) is 6.92 Å². The standard InChI is InChI=1S/C15H29N5OS/c1-13-19-14(12-22-13)6-7-17-15(16-2)18-8-10-20(3)9-5-11-21-4/h12H,5-11H2,1-4H3,(H2,16,17,18). The highest BCUT2D eigenvalue weighted by Crippen LogP contribution is 2.07. The minimum Gasteiger partial charge on any atom is -0.385 e. The molecular formula is C15H29N5OS. The minimum absolute atomic E-state index is 0.817. The first-order valence-electron chi connectivity index (χ1n) is 7.68. The molecule has 0 aliphatic heterocycles. The number of hydrogen-bond acceptors (Lipinski definition) is 5. The number of nitrogens with one attached hydrogen (secondary N) is 2. The van der Waals surface area contributed by atoms with Gasteiger partial charge in [0, 0.05) is 58.7 Å². The van der Waals surface area contributed by atoms with E-state index >= 15 is 0 Å². The summed E-state index contributed by atoms with van der Waals surface area (Å²) in [6.07, 6.45) is 1.98. The van der Waals surface area contributed by atoms with Gasteiger partial charge in [0.2, 0.25) is 0 Å². The summed E-state index contributed by atoms with van der Waals surface area (Å²) < 4.78 is 5.06. The molecule has 0 amide bonds. The zero-order valence-electron chi connectivity index (χ0n) is 14.2. The molecule has 0 aliphatic carbocycles. The molecule has 1 aromatic heterocycles. The number of thiazole rings is 1. The second kappa shape index (κ2) is 11.4. The third-order valence-electron chi connectivity index (χ3n) is 3.24. The average molecular weight is 327 g/mol. The maximum atomic E-state index is 5.06. The Balaban J connectivity index is 2.11. The number of aromatic nitrogens is 1. The molecule has 0 radical (unpaired) electrons. The summed E-state index contributed by atoms with van der Waals surface area (Å²) >= 11 is 1.69. The number of nitrogens with zero attached hydrogens (tertiary/aromatic N) is 3. The Hall–Kier alpha value is -1.18. The Bertz CT molecular complexity index is 435. The summed E-state index contributed by atoms with van der Waals surface area (Å²) in [4.78, 5) is 11.0. The molecule has 1 aromatic rings. The molecule has 1 rings (SSSR count). The van der Waals surface area contributed by atoms with Gasteiger partial charge in [-0.3, -0.25) is 4.99 Å². The number of aliphatic imine (C=N–C) groups is 1. The summed E-state index contributed by atoms with van der Waals surface area (Å²) in [6, 6.07) is 0. The van der Waals surface area contributed by atoms with E-state index in [0.717, 1.165) is 62.3 Å². The highest BCUT2D eigenvalue weighted by atomic mass is 32.1. The van der Waals surface area contributed by atoms with Crippen LogP contribution in [0.15, 0.2) is 10.4 Å². The topological polar surface area (TPSA) is 61.8 Å². The second-order valence-electron chi connectivity index (χ2n) is 5.18. The number of methoxy groups -OCH3 is 1. The summed E-state index contributed by atoms with van der Waals surface area (Å²) in [5, 5.41) is 9.88. The third kappa shape index (κ3) is 8.31. The lowest BCUT2D eigenvalue weighted by Gasteiger charge is -2.18. The van der Waals surface area contributed by atoms with Crippen LogP contribution in [0.2, 0.25) is 0 Å². The number of aryl methyl sites for hydroxylation is 1. The van der Waals surface area contributed by atoms with Crippen LogP contribution in [0.5, 0.6) is 0 Å². The zero-order valence-corrected chi connectivity index (χ0v) is 15.0. The SMILES string of the molecule is CN=C(NCCc1csc(C)n1)NCCN(C)CCCOC. The molecule has 7 heteroatoms. The van der Waals surface area contributed by atoms with Crippen LogP contribution in [-0.4, -0.2) is 69.8 Å². The van der Waals surface area contributed by atoms with Crippen LogP contribution in [0.3, 0.4) is 0 Å². The van der Waals surface area contributed by atoms with Gasteiger partial charge in [0.15, 0.2) is 5.96 Å². The van der Waals surface area contributed by atoms with E-state index in [1.54, 1.807) is 25.5 Å². The van der Waals surface area contributed by atoms with Crippen LogP contribution < -0.4 is 10.6 Å². The van der Waals surface area contributed by atoms with Crippen LogP contribution >= 0.6 is 11.3 Å². The maximum absolute atomic E-state index is 5.06. The van der Waals surface area contributed by atoms with Crippen molar-refractivity contribution in [1.82, 2.24) is 20.5 Å². The van der Waals surface area contributed by atoms with Crippen LogP contribution in [0.25, 0.3) is 0 Å². The van der Waals surface area contributed by atoms with Gasteiger partial charge in [0.05, 0.1) is 10.7 Å². The van der Waals surface area contributed by atoms with E-state index in [2.05, 4.69) is 37.9 Å². The van der Waals surface area contributed by atoms with Crippen molar-refractivity contribution >= 4 is 17.3 Å². The molecule has 0 unspecified atom stereocenters. The van der Waals surface area contributed by atoms with Crippen LogP contribution in [0, 0.1) is 6.92 Å². The van der Waals surface area contributed by atoms with Gasteiger partial charge in [0.25, 0.3) is 0 Å². The van der Waals surface area contributed by atoms with Gasteiger partial charge in [-0.05, 0) is 20.4 Å². The first-order valence-corrected chi connectivity index (χ1v) is 8.56. The van der Waals surface area contributed by atoms with Gasteiger partial charge in [-0.15, -0.1) is 11.3 Å². The van der Waals surface area contributed by atoms with Gasteiger partial charge in [-0.25, -0.2) is 4.98 Å². The number of guanidine groups is 1. The van der Waals surface area contributed by atoms with Crippen LogP contribution in [-0.2, 0) is 11.2 Å². The Labute approximate surface area is 138 Å². The molecule has 22 heavy (non-hydrogen) atoms. The summed E-state index contributed by atoms with van der Waals surface area (Å²) in [5.74, 6) is 0.845. The van der Waals surface area contributed by atoms with Crippen molar-refractivity contribution in [1.29, 1.82) is 0 Å². The quantitative estimate of drug-likeness (QED) is 0.383. The molecule has 0 bridgehead atoms. The highest BCUT2D eigenvalue weighted by Gasteiger charge is 2.02. The van der Waals surface area contributed by atoms with Crippen molar-refractivity contribution in [2.45, 2.75) is 19.8 Å². The Morgan fingerprint density at radius 2 is 2.14 bits per heavy atom.